The van der Waals surface area contributed by atoms with E-state index < -0.39 is 0 Å². The van der Waals surface area contributed by atoms with Crippen LogP contribution in [-0.2, 0) is 4.74 Å². The Labute approximate surface area is 197 Å². The molecule has 0 aliphatic heterocycles. The highest BCUT2D eigenvalue weighted by molar-refractivity contribution is 5.90. The number of unbranched alkanes of at least 4 members (excludes halogenated alkanes) is 3. The second-order valence-corrected chi connectivity index (χ2v) is 10.5. The third-order valence-corrected chi connectivity index (χ3v) is 8.04. The third kappa shape index (κ3) is 7.49. The zero-order chi connectivity index (χ0) is 22.8. The molecule has 0 aromatic heterocycles. The molecule has 0 heterocycles. The van der Waals surface area contributed by atoms with Crippen LogP contribution >= 0.6 is 0 Å². The van der Waals surface area contributed by atoms with E-state index in [4.69, 9.17) is 4.74 Å². The summed E-state index contributed by atoms with van der Waals surface area (Å²) in [4.78, 5) is 12.6. The van der Waals surface area contributed by atoms with E-state index in [-0.39, 0.29) is 12.1 Å². The zero-order valence-electron chi connectivity index (χ0n) is 20.9. The van der Waals surface area contributed by atoms with Gasteiger partial charge in [0.05, 0.1) is 5.56 Å². The molecule has 2 aliphatic rings. The topological polar surface area (TPSA) is 26.3 Å². The van der Waals surface area contributed by atoms with Crippen LogP contribution in [0.3, 0.4) is 0 Å². The monoisotopic (exact) mass is 438 g/mol. The highest BCUT2D eigenvalue weighted by Gasteiger charge is 2.24. The van der Waals surface area contributed by atoms with Crippen LogP contribution < -0.4 is 0 Å². The number of hydrogen-bond donors (Lipinski definition) is 0. The molecular weight excluding hydrogens is 392 g/mol. The average molecular weight is 439 g/mol. The fourth-order valence-corrected chi connectivity index (χ4v) is 5.66. The molecule has 2 atom stereocenters. The van der Waals surface area contributed by atoms with Crippen molar-refractivity contribution in [2.75, 3.05) is 0 Å². The summed E-state index contributed by atoms with van der Waals surface area (Å²) in [5.41, 5.74) is 3.42. The molecule has 0 bridgehead atoms. The SMILES string of the molecule is CCCCCC(C)C1CC=C(c2ccc(C(=O)O[C@H]3CC[C@H](CCCC)CC3)cc2)CC1. The third-order valence-electron chi connectivity index (χ3n) is 8.04. The summed E-state index contributed by atoms with van der Waals surface area (Å²) >= 11 is 0. The van der Waals surface area contributed by atoms with Crippen molar-refractivity contribution in [1.82, 2.24) is 0 Å². The molecule has 0 saturated heterocycles. The Morgan fingerprint density at radius 2 is 1.69 bits per heavy atom. The summed E-state index contributed by atoms with van der Waals surface area (Å²) in [6.45, 7) is 6.98. The van der Waals surface area contributed by atoms with Gasteiger partial charge in [-0.25, -0.2) is 4.79 Å². The largest absolute Gasteiger partial charge is 0.459 e. The molecule has 0 radical (unpaired) electrons. The van der Waals surface area contributed by atoms with Crippen LogP contribution in [0.1, 0.15) is 127 Å². The van der Waals surface area contributed by atoms with Gasteiger partial charge in [-0.1, -0.05) is 83.9 Å². The predicted octanol–water partition coefficient (Wildman–Crippen LogP) is 8.99. The summed E-state index contributed by atoms with van der Waals surface area (Å²) in [7, 11) is 0. The molecule has 1 aromatic carbocycles. The summed E-state index contributed by atoms with van der Waals surface area (Å²) < 4.78 is 5.84. The van der Waals surface area contributed by atoms with Crippen molar-refractivity contribution in [3.05, 3.63) is 41.5 Å². The number of rotatable bonds is 11. The van der Waals surface area contributed by atoms with Crippen molar-refractivity contribution in [3.63, 3.8) is 0 Å². The van der Waals surface area contributed by atoms with Gasteiger partial charge in [-0.2, -0.15) is 0 Å². The minimum atomic E-state index is -0.146. The number of esters is 1. The fraction of sp³-hybridized carbons (Fsp3) is 0.700. The van der Waals surface area contributed by atoms with E-state index in [1.54, 1.807) is 0 Å². The lowest BCUT2D eigenvalue weighted by molar-refractivity contribution is 0.0161. The Bertz CT molecular complexity index is 709. The summed E-state index contributed by atoms with van der Waals surface area (Å²) in [5.74, 6) is 2.36. The van der Waals surface area contributed by atoms with Crippen LogP contribution in [0.5, 0.6) is 0 Å². The normalized spacial score (nSPS) is 24.6. The molecule has 2 nitrogen and oxygen atoms in total. The van der Waals surface area contributed by atoms with E-state index >= 15 is 0 Å². The van der Waals surface area contributed by atoms with Gasteiger partial charge in [0.15, 0.2) is 0 Å². The summed E-state index contributed by atoms with van der Waals surface area (Å²) in [5, 5.41) is 0. The van der Waals surface area contributed by atoms with Gasteiger partial charge < -0.3 is 4.74 Å². The van der Waals surface area contributed by atoms with Crippen LogP contribution in [0.2, 0.25) is 0 Å². The van der Waals surface area contributed by atoms with Gasteiger partial charge in [-0.3, -0.25) is 0 Å². The Morgan fingerprint density at radius 3 is 2.31 bits per heavy atom. The van der Waals surface area contributed by atoms with Crippen molar-refractivity contribution in [1.29, 1.82) is 0 Å². The van der Waals surface area contributed by atoms with Crippen LogP contribution in [0.4, 0.5) is 0 Å². The lowest BCUT2D eigenvalue weighted by Crippen LogP contribution is -2.24. The smallest absolute Gasteiger partial charge is 0.338 e. The Balaban J connectivity index is 1.45. The van der Waals surface area contributed by atoms with Crippen LogP contribution in [-0.4, -0.2) is 12.1 Å². The summed E-state index contributed by atoms with van der Waals surface area (Å²) in [6, 6.07) is 8.17. The molecule has 178 valence electrons. The van der Waals surface area contributed by atoms with Crippen molar-refractivity contribution in [3.8, 4) is 0 Å². The average Bonchev–Trinajstić information content (AvgIpc) is 2.84. The molecule has 0 spiro atoms. The van der Waals surface area contributed by atoms with Gasteiger partial charge in [0.25, 0.3) is 0 Å². The van der Waals surface area contributed by atoms with Crippen LogP contribution in [0.15, 0.2) is 30.3 Å². The van der Waals surface area contributed by atoms with Crippen molar-refractivity contribution < 1.29 is 9.53 Å². The predicted molar refractivity (Wildman–Crippen MR) is 136 cm³/mol. The van der Waals surface area contributed by atoms with Gasteiger partial charge >= 0.3 is 5.97 Å². The second kappa shape index (κ2) is 13.2. The molecule has 0 N–H and O–H groups in total. The standard InChI is InChI=1S/C30H46O2/c1-4-6-8-9-23(3)25-13-15-26(16-14-25)27-17-19-28(20-18-27)30(31)32-29-21-11-24(12-22-29)10-7-5-2/h15,17-20,23-25,29H,4-14,16,21-22H2,1-3H3/t23?,24-,25?,29-. The van der Waals surface area contributed by atoms with Gasteiger partial charge in [-0.15, -0.1) is 0 Å². The zero-order valence-corrected chi connectivity index (χ0v) is 20.9. The fourth-order valence-electron chi connectivity index (χ4n) is 5.66. The first-order chi connectivity index (χ1) is 15.6. The first-order valence-corrected chi connectivity index (χ1v) is 13.6. The van der Waals surface area contributed by atoms with E-state index in [1.165, 1.54) is 81.8 Å². The van der Waals surface area contributed by atoms with Crippen molar-refractivity contribution >= 4 is 11.5 Å². The highest BCUT2D eigenvalue weighted by atomic mass is 16.5. The van der Waals surface area contributed by atoms with Gasteiger partial charge in [0.2, 0.25) is 0 Å². The van der Waals surface area contributed by atoms with Crippen molar-refractivity contribution in [2.24, 2.45) is 17.8 Å². The van der Waals surface area contributed by atoms with Crippen molar-refractivity contribution in [2.45, 2.75) is 117 Å². The van der Waals surface area contributed by atoms with Crippen LogP contribution in [0, 0.1) is 17.8 Å². The Kier molecular flexibility index (Phi) is 10.3. The van der Waals surface area contributed by atoms with E-state index in [0.717, 1.165) is 37.0 Å². The minimum Gasteiger partial charge on any atom is -0.459 e. The maximum atomic E-state index is 12.6. The molecule has 32 heavy (non-hydrogen) atoms. The lowest BCUT2D eigenvalue weighted by Gasteiger charge is -2.28. The molecule has 1 aromatic rings. The number of carbonyl (C=O) groups excluding carboxylic acids is 1. The molecule has 2 heteroatoms. The molecule has 3 rings (SSSR count). The quantitative estimate of drug-likeness (QED) is 0.254. The number of ether oxygens (including phenoxy) is 1. The van der Waals surface area contributed by atoms with Gasteiger partial charge in [0, 0.05) is 0 Å². The molecule has 0 amide bonds. The first kappa shape index (κ1) is 25.1. The highest BCUT2D eigenvalue weighted by Crippen LogP contribution is 2.36. The van der Waals surface area contributed by atoms with E-state index in [0.29, 0.717) is 5.56 Å². The summed E-state index contributed by atoms with van der Waals surface area (Å²) in [6.07, 6.45) is 20.1. The minimum absolute atomic E-state index is 0.109. The van der Waals surface area contributed by atoms with E-state index in [9.17, 15) is 4.79 Å². The first-order valence-electron chi connectivity index (χ1n) is 13.6. The molecule has 2 aliphatic carbocycles. The maximum Gasteiger partial charge on any atom is 0.338 e. The molecule has 1 fully saturated rings. The second-order valence-electron chi connectivity index (χ2n) is 10.5. The van der Waals surface area contributed by atoms with E-state index in [2.05, 4.69) is 39.0 Å². The number of benzene rings is 1. The number of hydrogen-bond acceptors (Lipinski definition) is 2. The molecular formula is C30H46O2. The maximum absolute atomic E-state index is 12.6. The van der Waals surface area contributed by atoms with Crippen LogP contribution in [0.25, 0.3) is 5.57 Å². The van der Waals surface area contributed by atoms with Gasteiger partial charge in [-0.05, 0) is 86.0 Å². The number of carbonyl (C=O) groups is 1. The molecule has 2 unspecified atom stereocenters. The lowest BCUT2D eigenvalue weighted by atomic mass is 9.78. The Morgan fingerprint density at radius 1 is 0.969 bits per heavy atom. The Hall–Kier alpha value is -1.57. The number of allylic oxidation sites excluding steroid dienone is 2. The van der Waals surface area contributed by atoms with E-state index in [1.807, 2.05) is 12.1 Å². The van der Waals surface area contributed by atoms with Gasteiger partial charge in [0.1, 0.15) is 6.10 Å². The molecule has 1 saturated carbocycles.